The van der Waals surface area contributed by atoms with Crippen molar-refractivity contribution in [3.63, 3.8) is 0 Å². The summed E-state index contributed by atoms with van der Waals surface area (Å²) in [5.41, 5.74) is 0.780. The summed E-state index contributed by atoms with van der Waals surface area (Å²) >= 11 is 1.26. The largest absolute Gasteiger partial charge is 0.494 e. The van der Waals surface area contributed by atoms with Crippen LogP contribution >= 0.6 is 11.3 Å². The molecule has 6 heteroatoms. The van der Waals surface area contributed by atoms with Gasteiger partial charge in [0.25, 0.3) is 0 Å². The molecule has 0 unspecified atom stereocenters. The van der Waals surface area contributed by atoms with Gasteiger partial charge in [0.2, 0.25) is 0 Å². The Labute approximate surface area is 108 Å². The van der Waals surface area contributed by atoms with E-state index in [0.29, 0.717) is 16.6 Å². The molecule has 1 aromatic carbocycles. The van der Waals surface area contributed by atoms with Crippen molar-refractivity contribution >= 4 is 16.5 Å². The van der Waals surface area contributed by atoms with Gasteiger partial charge in [-0.3, -0.25) is 0 Å². The second-order valence-corrected chi connectivity index (χ2v) is 4.49. The Bertz CT molecular complexity index is 591. The molecule has 1 N–H and O–H groups in total. The maximum Gasteiger partial charge on any atom is 0.184 e. The first-order valence-corrected chi connectivity index (χ1v) is 5.97. The number of hydrogen-bond donors (Lipinski definition) is 1. The van der Waals surface area contributed by atoms with Crippen LogP contribution in [0.25, 0.3) is 0 Å². The lowest BCUT2D eigenvalue weighted by molar-refractivity contribution is 0.386. The van der Waals surface area contributed by atoms with Crippen LogP contribution in [-0.2, 0) is 6.54 Å². The number of aromatic nitrogens is 1. The van der Waals surface area contributed by atoms with E-state index in [9.17, 15) is 4.39 Å². The van der Waals surface area contributed by atoms with E-state index in [1.807, 2.05) is 6.07 Å². The molecule has 0 aliphatic heterocycles. The maximum absolute atomic E-state index is 13.4. The molecule has 1 aromatic heterocycles. The number of hydrogen-bond acceptors (Lipinski definition) is 5. The molecule has 4 nitrogen and oxygen atoms in total. The van der Waals surface area contributed by atoms with E-state index in [-0.39, 0.29) is 5.75 Å². The lowest BCUT2D eigenvalue weighted by Crippen LogP contribution is -1.99. The van der Waals surface area contributed by atoms with Crippen LogP contribution in [0.1, 0.15) is 10.4 Å². The van der Waals surface area contributed by atoms with Crippen LogP contribution in [0.5, 0.6) is 5.75 Å². The summed E-state index contributed by atoms with van der Waals surface area (Å²) in [5.74, 6) is -0.173. The van der Waals surface area contributed by atoms with E-state index in [0.717, 1.165) is 5.56 Å². The fourth-order valence-electron chi connectivity index (χ4n) is 1.41. The van der Waals surface area contributed by atoms with Gasteiger partial charge < -0.3 is 10.1 Å². The van der Waals surface area contributed by atoms with Crippen LogP contribution in [-0.4, -0.2) is 12.1 Å². The van der Waals surface area contributed by atoms with Crippen LogP contribution in [0.4, 0.5) is 9.52 Å². The zero-order valence-electron chi connectivity index (χ0n) is 9.61. The number of nitriles is 1. The second-order valence-electron chi connectivity index (χ2n) is 3.46. The standard InChI is InChI=1S/C12H10FN3OS/c1-17-11-3-2-8(4-10(11)13)6-15-12-16-7-9(5-14)18-12/h2-4,7H,6H2,1H3,(H,15,16). The number of ether oxygens (including phenoxy) is 1. The van der Waals surface area contributed by atoms with E-state index in [2.05, 4.69) is 10.3 Å². The van der Waals surface area contributed by atoms with Crippen LogP contribution < -0.4 is 10.1 Å². The van der Waals surface area contributed by atoms with E-state index in [1.54, 1.807) is 12.1 Å². The number of nitrogens with one attached hydrogen (secondary N) is 1. The fraction of sp³-hybridized carbons (Fsp3) is 0.167. The third kappa shape index (κ3) is 2.76. The van der Waals surface area contributed by atoms with Gasteiger partial charge in [0, 0.05) is 6.54 Å². The van der Waals surface area contributed by atoms with Gasteiger partial charge in [0.1, 0.15) is 10.9 Å². The molecule has 0 radical (unpaired) electrons. The summed E-state index contributed by atoms with van der Waals surface area (Å²) < 4.78 is 18.3. The molecule has 92 valence electrons. The van der Waals surface area contributed by atoms with E-state index in [4.69, 9.17) is 10.00 Å². The number of benzene rings is 1. The molecule has 0 fully saturated rings. The zero-order valence-corrected chi connectivity index (χ0v) is 10.4. The van der Waals surface area contributed by atoms with Crippen LogP contribution in [0.2, 0.25) is 0 Å². The zero-order chi connectivity index (χ0) is 13.0. The van der Waals surface area contributed by atoms with Gasteiger partial charge in [-0.15, -0.1) is 0 Å². The molecule has 2 rings (SSSR count). The molecule has 2 aromatic rings. The van der Waals surface area contributed by atoms with Crippen molar-refractivity contribution in [3.05, 3.63) is 40.7 Å². The smallest absolute Gasteiger partial charge is 0.184 e. The first-order valence-electron chi connectivity index (χ1n) is 5.15. The third-order valence-corrected chi connectivity index (χ3v) is 3.14. The highest BCUT2D eigenvalue weighted by Crippen LogP contribution is 2.20. The Kier molecular flexibility index (Phi) is 3.75. The minimum Gasteiger partial charge on any atom is -0.494 e. The number of rotatable bonds is 4. The quantitative estimate of drug-likeness (QED) is 0.921. The average molecular weight is 263 g/mol. The van der Waals surface area contributed by atoms with Crippen molar-refractivity contribution in [1.29, 1.82) is 5.26 Å². The summed E-state index contributed by atoms with van der Waals surface area (Å²) in [6, 6.07) is 6.77. The number of halogens is 1. The Balaban J connectivity index is 2.02. The SMILES string of the molecule is COc1ccc(CNc2ncc(C#N)s2)cc1F. The van der Waals surface area contributed by atoms with Gasteiger partial charge in [-0.2, -0.15) is 5.26 Å². The highest BCUT2D eigenvalue weighted by molar-refractivity contribution is 7.16. The minimum atomic E-state index is -0.395. The Morgan fingerprint density at radius 3 is 3.00 bits per heavy atom. The normalized spacial score (nSPS) is 9.83. The van der Waals surface area contributed by atoms with Gasteiger partial charge in [-0.05, 0) is 17.7 Å². The lowest BCUT2D eigenvalue weighted by Gasteiger charge is -2.05. The fourth-order valence-corrected chi connectivity index (χ4v) is 2.01. The molecular weight excluding hydrogens is 253 g/mol. The highest BCUT2D eigenvalue weighted by Gasteiger charge is 2.04. The highest BCUT2D eigenvalue weighted by atomic mass is 32.1. The molecule has 1 heterocycles. The van der Waals surface area contributed by atoms with Gasteiger partial charge in [-0.25, -0.2) is 9.37 Å². The monoisotopic (exact) mass is 263 g/mol. The maximum atomic E-state index is 13.4. The molecule has 0 atom stereocenters. The number of methoxy groups -OCH3 is 1. The number of anilines is 1. The van der Waals surface area contributed by atoms with Gasteiger partial charge in [0.15, 0.2) is 16.7 Å². The van der Waals surface area contributed by atoms with Crippen molar-refractivity contribution in [3.8, 4) is 11.8 Å². The molecule has 0 aliphatic rings. The summed E-state index contributed by atoms with van der Waals surface area (Å²) in [6.45, 7) is 0.444. The third-order valence-electron chi connectivity index (χ3n) is 2.28. The first-order chi connectivity index (χ1) is 8.72. The first kappa shape index (κ1) is 12.3. The van der Waals surface area contributed by atoms with E-state index >= 15 is 0 Å². The summed E-state index contributed by atoms with van der Waals surface area (Å²) in [7, 11) is 1.43. The average Bonchev–Trinajstić information content (AvgIpc) is 2.84. The Hall–Kier alpha value is -2.13. The number of nitrogens with zero attached hydrogens (tertiary/aromatic N) is 2. The molecular formula is C12H10FN3OS. The molecule has 0 saturated carbocycles. The second kappa shape index (κ2) is 5.47. The molecule has 0 bridgehead atoms. The van der Waals surface area contributed by atoms with Gasteiger partial charge in [0.05, 0.1) is 13.3 Å². The van der Waals surface area contributed by atoms with Gasteiger partial charge in [-0.1, -0.05) is 17.4 Å². The molecule has 18 heavy (non-hydrogen) atoms. The summed E-state index contributed by atoms with van der Waals surface area (Å²) in [6.07, 6.45) is 1.50. The van der Waals surface area contributed by atoms with Crippen molar-refractivity contribution in [2.45, 2.75) is 6.54 Å². The van der Waals surface area contributed by atoms with Crippen molar-refractivity contribution in [2.75, 3.05) is 12.4 Å². The Morgan fingerprint density at radius 2 is 2.39 bits per heavy atom. The molecule has 0 spiro atoms. The van der Waals surface area contributed by atoms with E-state index < -0.39 is 5.82 Å². The van der Waals surface area contributed by atoms with Gasteiger partial charge >= 0.3 is 0 Å². The van der Waals surface area contributed by atoms with Crippen LogP contribution in [0, 0.1) is 17.1 Å². The Morgan fingerprint density at radius 1 is 1.56 bits per heavy atom. The minimum absolute atomic E-state index is 0.222. The lowest BCUT2D eigenvalue weighted by atomic mass is 10.2. The van der Waals surface area contributed by atoms with Crippen molar-refractivity contribution < 1.29 is 9.13 Å². The molecule has 0 aliphatic carbocycles. The molecule has 0 saturated heterocycles. The van der Waals surface area contributed by atoms with Crippen LogP contribution in [0.3, 0.4) is 0 Å². The van der Waals surface area contributed by atoms with Crippen molar-refractivity contribution in [1.82, 2.24) is 4.98 Å². The summed E-state index contributed by atoms with van der Waals surface area (Å²) in [5, 5.41) is 12.3. The predicted octanol–water partition coefficient (Wildman–Crippen LogP) is 2.77. The number of thiazole rings is 1. The van der Waals surface area contributed by atoms with Crippen molar-refractivity contribution in [2.24, 2.45) is 0 Å². The predicted molar refractivity (Wildman–Crippen MR) is 67.1 cm³/mol. The summed E-state index contributed by atoms with van der Waals surface area (Å²) in [4.78, 5) is 4.56. The van der Waals surface area contributed by atoms with Crippen LogP contribution in [0.15, 0.2) is 24.4 Å². The topological polar surface area (TPSA) is 57.9 Å². The molecule has 0 amide bonds. The van der Waals surface area contributed by atoms with E-state index in [1.165, 1.54) is 30.7 Å².